The van der Waals surface area contributed by atoms with Crippen molar-refractivity contribution in [2.24, 2.45) is 29.6 Å². The first-order valence-corrected chi connectivity index (χ1v) is 10.4. The van der Waals surface area contributed by atoms with Crippen molar-refractivity contribution < 1.29 is 9.59 Å². The number of hydrogen-bond donors (Lipinski definition) is 1. The third-order valence-electron chi connectivity index (χ3n) is 7.34. The van der Waals surface area contributed by atoms with Gasteiger partial charge in [0.05, 0.1) is 11.3 Å². The average molecular weight is 352 g/mol. The third kappa shape index (κ3) is 2.74. The predicted octanol–water partition coefficient (Wildman–Crippen LogP) is 3.93. The van der Waals surface area contributed by atoms with E-state index in [2.05, 4.69) is 5.32 Å². The lowest BCUT2D eigenvalue weighted by molar-refractivity contribution is -0.132. The van der Waals surface area contributed by atoms with E-state index in [0.29, 0.717) is 23.1 Å². The van der Waals surface area contributed by atoms with Crippen molar-refractivity contribution in [3.05, 3.63) is 29.8 Å². The van der Waals surface area contributed by atoms with Gasteiger partial charge in [-0.1, -0.05) is 12.1 Å². The van der Waals surface area contributed by atoms with Crippen LogP contribution in [0.15, 0.2) is 24.3 Å². The van der Waals surface area contributed by atoms with E-state index in [9.17, 15) is 9.59 Å². The first-order chi connectivity index (χ1) is 12.7. The van der Waals surface area contributed by atoms with Gasteiger partial charge in [-0.15, -0.1) is 0 Å². The smallest absolute Gasteiger partial charge is 0.255 e. The number of likely N-dealkylation sites (tertiary alicyclic amines) is 1. The van der Waals surface area contributed by atoms with Crippen LogP contribution < -0.4 is 5.32 Å². The molecule has 138 valence electrons. The lowest BCUT2D eigenvalue weighted by atomic mass is 9.51. The summed E-state index contributed by atoms with van der Waals surface area (Å²) in [5.41, 5.74) is 1.34. The van der Waals surface area contributed by atoms with Crippen LogP contribution in [0.5, 0.6) is 0 Å². The van der Waals surface area contributed by atoms with Crippen molar-refractivity contribution >= 4 is 17.5 Å². The maximum Gasteiger partial charge on any atom is 0.255 e. The van der Waals surface area contributed by atoms with Crippen molar-refractivity contribution in [2.75, 3.05) is 18.4 Å². The second-order valence-electron chi connectivity index (χ2n) is 8.99. The molecule has 1 heterocycles. The zero-order valence-electron chi connectivity index (χ0n) is 15.3. The number of nitrogens with one attached hydrogen (secondary N) is 1. The fraction of sp³-hybridized carbons (Fsp3) is 0.636. The summed E-state index contributed by atoms with van der Waals surface area (Å²) in [5, 5.41) is 3.16. The molecule has 5 aliphatic rings. The lowest BCUT2D eigenvalue weighted by Gasteiger charge is -2.53. The number of hydrogen-bond acceptors (Lipinski definition) is 2. The zero-order valence-corrected chi connectivity index (χ0v) is 15.3. The van der Waals surface area contributed by atoms with E-state index in [0.717, 1.165) is 37.8 Å². The van der Waals surface area contributed by atoms with E-state index in [-0.39, 0.29) is 17.7 Å². The number of para-hydroxylation sites is 1. The van der Waals surface area contributed by atoms with Gasteiger partial charge in [-0.2, -0.15) is 0 Å². The van der Waals surface area contributed by atoms with Crippen molar-refractivity contribution in [3.8, 4) is 0 Å². The van der Waals surface area contributed by atoms with Crippen LogP contribution in [0.2, 0.25) is 0 Å². The van der Waals surface area contributed by atoms with E-state index in [1.54, 1.807) is 0 Å². The Bertz CT molecular complexity index is 695. The second-order valence-corrected chi connectivity index (χ2v) is 8.99. The summed E-state index contributed by atoms with van der Waals surface area (Å²) in [6, 6.07) is 7.54. The normalized spacial score (nSPS) is 34.9. The molecule has 0 unspecified atom stereocenters. The van der Waals surface area contributed by atoms with Crippen LogP contribution in [-0.4, -0.2) is 29.8 Å². The highest BCUT2D eigenvalue weighted by Crippen LogP contribution is 2.56. The van der Waals surface area contributed by atoms with Gasteiger partial charge in [0.1, 0.15) is 0 Å². The Morgan fingerprint density at radius 3 is 2.15 bits per heavy atom. The minimum atomic E-state index is 0.0588. The summed E-state index contributed by atoms with van der Waals surface area (Å²) >= 11 is 0. The molecule has 4 heteroatoms. The van der Waals surface area contributed by atoms with Gasteiger partial charge in [0.15, 0.2) is 0 Å². The Morgan fingerprint density at radius 2 is 1.50 bits per heavy atom. The van der Waals surface area contributed by atoms with Gasteiger partial charge < -0.3 is 10.2 Å². The molecule has 4 aliphatic carbocycles. The number of benzene rings is 1. The Balaban J connectivity index is 1.35. The largest absolute Gasteiger partial charge is 0.339 e. The summed E-state index contributed by atoms with van der Waals surface area (Å²) in [5.74, 6) is 3.22. The fourth-order valence-corrected chi connectivity index (χ4v) is 6.44. The van der Waals surface area contributed by atoms with E-state index in [4.69, 9.17) is 0 Å². The number of carbonyl (C=O) groups excluding carboxylic acids is 2. The van der Waals surface area contributed by atoms with E-state index in [1.165, 1.54) is 32.1 Å². The number of carbonyl (C=O) groups is 2. The molecule has 5 fully saturated rings. The molecular formula is C22H28N2O2. The highest BCUT2D eigenvalue weighted by atomic mass is 16.2. The molecule has 1 aliphatic heterocycles. The molecule has 1 N–H and O–H groups in total. The Kier molecular flexibility index (Phi) is 4.02. The zero-order chi connectivity index (χ0) is 17.7. The lowest BCUT2D eigenvalue weighted by Crippen LogP contribution is -2.49. The Morgan fingerprint density at radius 1 is 0.885 bits per heavy atom. The van der Waals surface area contributed by atoms with Crippen molar-refractivity contribution in [2.45, 2.75) is 44.9 Å². The standard InChI is InChI=1S/C22H28N2O2/c25-21(20-16-10-14-9-15(12-16)13-17(20)11-14)23-19-6-2-1-5-18(19)22(26)24-7-3-4-8-24/h1-2,5-6,14-17,20H,3-4,7-13H2,(H,23,25). The van der Waals surface area contributed by atoms with Gasteiger partial charge in [-0.05, 0) is 80.8 Å². The predicted molar refractivity (Wildman–Crippen MR) is 101 cm³/mol. The molecular weight excluding hydrogens is 324 g/mol. The minimum absolute atomic E-state index is 0.0588. The summed E-state index contributed by atoms with van der Waals surface area (Å²) < 4.78 is 0. The highest BCUT2D eigenvalue weighted by molar-refractivity contribution is 6.04. The summed E-state index contributed by atoms with van der Waals surface area (Å²) in [6.07, 6.45) is 8.49. The van der Waals surface area contributed by atoms with Crippen LogP contribution in [0.25, 0.3) is 0 Å². The SMILES string of the molecule is O=C(Nc1ccccc1C(=O)N1CCCC1)C1C2CC3CC(C2)CC1C3. The minimum Gasteiger partial charge on any atom is -0.339 e. The molecule has 6 rings (SSSR count). The molecule has 0 aromatic heterocycles. The molecule has 4 bridgehead atoms. The van der Waals surface area contributed by atoms with Crippen molar-refractivity contribution in [1.82, 2.24) is 4.90 Å². The average Bonchev–Trinajstić information content (AvgIpc) is 3.15. The van der Waals surface area contributed by atoms with E-state index < -0.39 is 0 Å². The molecule has 1 aromatic rings. The molecule has 1 aromatic carbocycles. The highest BCUT2D eigenvalue weighted by Gasteiger charge is 2.50. The van der Waals surface area contributed by atoms with Gasteiger partial charge >= 0.3 is 0 Å². The van der Waals surface area contributed by atoms with Crippen molar-refractivity contribution in [3.63, 3.8) is 0 Å². The number of anilines is 1. The third-order valence-corrected chi connectivity index (χ3v) is 7.34. The Hall–Kier alpha value is -1.84. The molecule has 2 amide bonds. The fourth-order valence-electron chi connectivity index (χ4n) is 6.44. The summed E-state index contributed by atoms with van der Waals surface area (Å²) in [6.45, 7) is 1.66. The van der Waals surface area contributed by atoms with Crippen LogP contribution >= 0.6 is 0 Å². The van der Waals surface area contributed by atoms with Crippen LogP contribution in [0, 0.1) is 29.6 Å². The number of nitrogens with zero attached hydrogens (tertiary/aromatic N) is 1. The molecule has 26 heavy (non-hydrogen) atoms. The monoisotopic (exact) mass is 352 g/mol. The molecule has 0 radical (unpaired) electrons. The maximum absolute atomic E-state index is 13.2. The molecule has 4 nitrogen and oxygen atoms in total. The van der Waals surface area contributed by atoms with E-state index >= 15 is 0 Å². The van der Waals surface area contributed by atoms with Crippen molar-refractivity contribution in [1.29, 1.82) is 0 Å². The second kappa shape index (κ2) is 6.40. The van der Waals surface area contributed by atoms with Gasteiger partial charge in [-0.25, -0.2) is 0 Å². The number of amides is 2. The quantitative estimate of drug-likeness (QED) is 0.896. The molecule has 0 atom stereocenters. The van der Waals surface area contributed by atoms with Gasteiger partial charge in [0.2, 0.25) is 5.91 Å². The van der Waals surface area contributed by atoms with Crippen LogP contribution in [0.3, 0.4) is 0 Å². The van der Waals surface area contributed by atoms with E-state index in [1.807, 2.05) is 29.2 Å². The first-order valence-electron chi connectivity index (χ1n) is 10.4. The molecule has 0 spiro atoms. The topological polar surface area (TPSA) is 49.4 Å². The van der Waals surface area contributed by atoms with Gasteiger partial charge in [0, 0.05) is 19.0 Å². The first kappa shape index (κ1) is 16.3. The molecule has 1 saturated heterocycles. The van der Waals surface area contributed by atoms with Crippen LogP contribution in [-0.2, 0) is 4.79 Å². The number of rotatable bonds is 3. The van der Waals surface area contributed by atoms with Gasteiger partial charge in [-0.3, -0.25) is 9.59 Å². The Labute approximate surface area is 155 Å². The van der Waals surface area contributed by atoms with Crippen LogP contribution in [0.4, 0.5) is 5.69 Å². The van der Waals surface area contributed by atoms with Crippen LogP contribution in [0.1, 0.15) is 55.3 Å². The maximum atomic E-state index is 13.2. The summed E-state index contributed by atoms with van der Waals surface area (Å²) in [7, 11) is 0. The molecule has 4 saturated carbocycles. The summed E-state index contributed by atoms with van der Waals surface area (Å²) in [4.78, 5) is 27.9. The van der Waals surface area contributed by atoms with Gasteiger partial charge in [0.25, 0.3) is 5.91 Å².